The average molecular weight is 305 g/mol. The second kappa shape index (κ2) is 4.30. The van der Waals surface area contributed by atoms with Gasteiger partial charge in [0.05, 0.1) is 11.9 Å². The van der Waals surface area contributed by atoms with Gasteiger partial charge in [-0.05, 0) is 40.2 Å². The van der Waals surface area contributed by atoms with E-state index in [1.807, 2.05) is 24.3 Å². The lowest BCUT2D eigenvalue weighted by Crippen LogP contribution is -1.96. The molecule has 0 aliphatic carbocycles. The quantitative estimate of drug-likeness (QED) is 0.790. The number of aromatic nitrogens is 3. The Morgan fingerprint density at radius 1 is 1.22 bits per heavy atom. The zero-order valence-electron chi connectivity index (χ0n) is 9.25. The number of pyridine rings is 1. The van der Waals surface area contributed by atoms with Crippen LogP contribution in [-0.4, -0.2) is 14.8 Å². The molecule has 0 spiro atoms. The molecular formula is C12H9BrN4O. The van der Waals surface area contributed by atoms with E-state index in [9.17, 15) is 0 Å². The van der Waals surface area contributed by atoms with Crippen LogP contribution in [0.1, 0.15) is 0 Å². The third-order valence-corrected chi connectivity index (χ3v) is 2.86. The first kappa shape index (κ1) is 11.0. The molecule has 3 heterocycles. The first-order valence-corrected chi connectivity index (χ1v) is 6.05. The summed E-state index contributed by atoms with van der Waals surface area (Å²) in [5.74, 6) is 1.33. The standard InChI is InChI=1S/C12H9BrN4O/c13-10-5-4-9(18-10)12-8(14)7-17(16-12)11-3-1-2-6-15-11/h1-7H,14H2. The highest BCUT2D eigenvalue weighted by atomic mass is 79.9. The van der Waals surface area contributed by atoms with Crippen LogP contribution in [0.25, 0.3) is 17.3 Å². The van der Waals surface area contributed by atoms with E-state index in [0.717, 1.165) is 0 Å². The van der Waals surface area contributed by atoms with E-state index in [2.05, 4.69) is 26.0 Å². The van der Waals surface area contributed by atoms with Crippen molar-refractivity contribution in [3.05, 3.63) is 47.4 Å². The highest BCUT2D eigenvalue weighted by Gasteiger charge is 2.13. The van der Waals surface area contributed by atoms with Gasteiger partial charge >= 0.3 is 0 Å². The molecule has 0 amide bonds. The first-order chi connectivity index (χ1) is 8.74. The molecule has 0 unspecified atom stereocenters. The molecule has 6 heteroatoms. The van der Waals surface area contributed by atoms with Gasteiger partial charge in [-0.15, -0.1) is 0 Å². The highest BCUT2D eigenvalue weighted by Crippen LogP contribution is 2.28. The lowest BCUT2D eigenvalue weighted by molar-refractivity contribution is 0.553. The maximum absolute atomic E-state index is 5.93. The van der Waals surface area contributed by atoms with Crippen LogP contribution in [0.3, 0.4) is 0 Å². The number of nitrogen functional groups attached to an aromatic ring is 1. The third-order valence-electron chi connectivity index (χ3n) is 2.43. The molecule has 0 aliphatic rings. The monoisotopic (exact) mass is 304 g/mol. The molecule has 0 aliphatic heterocycles. The van der Waals surface area contributed by atoms with Gasteiger partial charge in [0, 0.05) is 6.20 Å². The van der Waals surface area contributed by atoms with Crippen molar-refractivity contribution in [1.29, 1.82) is 0 Å². The largest absolute Gasteiger partial charge is 0.448 e. The Morgan fingerprint density at radius 3 is 2.78 bits per heavy atom. The molecular weight excluding hydrogens is 296 g/mol. The summed E-state index contributed by atoms with van der Waals surface area (Å²) in [7, 11) is 0. The zero-order chi connectivity index (χ0) is 12.5. The second-order valence-electron chi connectivity index (χ2n) is 3.67. The minimum atomic E-state index is 0.544. The SMILES string of the molecule is Nc1cn(-c2ccccn2)nc1-c1ccc(Br)o1. The van der Waals surface area contributed by atoms with Crippen molar-refractivity contribution in [2.75, 3.05) is 5.73 Å². The molecule has 5 nitrogen and oxygen atoms in total. The van der Waals surface area contributed by atoms with Crippen molar-refractivity contribution in [3.8, 4) is 17.3 Å². The maximum Gasteiger partial charge on any atom is 0.169 e. The van der Waals surface area contributed by atoms with E-state index in [-0.39, 0.29) is 0 Å². The topological polar surface area (TPSA) is 69.9 Å². The molecule has 3 rings (SSSR count). The van der Waals surface area contributed by atoms with Gasteiger partial charge in [0.15, 0.2) is 21.9 Å². The van der Waals surface area contributed by atoms with Crippen molar-refractivity contribution >= 4 is 21.6 Å². The number of nitrogens with two attached hydrogens (primary N) is 1. The Bertz CT molecular complexity index is 674. The predicted octanol–water partition coefficient (Wildman–Crippen LogP) is 2.87. The summed E-state index contributed by atoms with van der Waals surface area (Å²) in [6.07, 6.45) is 3.42. The van der Waals surface area contributed by atoms with E-state index in [1.165, 1.54) is 0 Å². The molecule has 90 valence electrons. The van der Waals surface area contributed by atoms with Crippen LogP contribution in [0.5, 0.6) is 0 Å². The van der Waals surface area contributed by atoms with Crippen LogP contribution >= 0.6 is 15.9 Å². The second-order valence-corrected chi connectivity index (χ2v) is 4.45. The summed E-state index contributed by atoms with van der Waals surface area (Å²) >= 11 is 3.25. The van der Waals surface area contributed by atoms with Gasteiger partial charge in [0.2, 0.25) is 0 Å². The smallest absolute Gasteiger partial charge is 0.169 e. The fourth-order valence-corrected chi connectivity index (χ4v) is 1.93. The summed E-state index contributed by atoms with van der Waals surface area (Å²) < 4.78 is 7.71. The van der Waals surface area contributed by atoms with Crippen molar-refractivity contribution < 1.29 is 4.42 Å². The van der Waals surface area contributed by atoms with Crippen molar-refractivity contribution in [2.45, 2.75) is 0 Å². The molecule has 3 aromatic rings. The molecule has 3 aromatic heterocycles. The van der Waals surface area contributed by atoms with Gasteiger partial charge in [-0.2, -0.15) is 5.10 Å². The Labute approximate surface area is 111 Å². The molecule has 0 saturated heterocycles. The Balaban J connectivity index is 2.06. The number of nitrogens with zero attached hydrogens (tertiary/aromatic N) is 3. The van der Waals surface area contributed by atoms with E-state index in [1.54, 1.807) is 23.1 Å². The van der Waals surface area contributed by atoms with Gasteiger partial charge in [-0.25, -0.2) is 9.67 Å². The van der Waals surface area contributed by atoms with Crippen LogP contribution in [0.4, 0.5) is 5.69 Å². The van der Waals surface area contributed by atoms with Crippen molar-refractivity contribution in [3.63, 3.8) is 0 Å². The average Bonchev–Trinajstić information content (AvgIpc) is 2.97. The minimum absolute atomic E-state index is 0.544. The fraction of sp³-hybridized carbons (Fsp3) is 0. The van der Waals surface area contributed by atoms with Crippen LogP contribution < -0.4 is 5.73 Å². The highest BCUT2D eigenvalue weighted by molar-refractivity contribution is 9.10. The normalized spacial score (nSPS) is 10.7. The zero-order valence-corrected chi connectivity index (χ0v) is 10.8. The number of hydrogen-bond donors (Lipinski definition) is 1. The summed E-state index contributed by atoms with van der Waals surface area (Å²) in [6.45, 7) is 0. The molecule has 0 atom stereocenters. The molecule has 0 bridgehead atoms. The van der Waals surface area contributed by atoms with Gasteiger partial charge < -0.3 is 10.2 Å². The summed E-state index contributed by atoms with van der Waals surface area (Å²) in [4.78, 5) is 4.21. The first-order valence-electron chi connectivity index (χ1n) is 5.26. The van der Waals surface area contributed by atoms with Crippen molar-refractivity contribution in [2.24, 2.45) is 0 Å². The molecule has 0 saturated carbocycles. The summed E-state index contributed by atoms with van der Waals surface area (Å²) in [6, 6.07) is 9.21. The third kappa shape index (κ3) is 1.91. The molecule has 18 heavy (non-hydrogen) atoms. The van der Waals surface area contributed by atoms with Crippen LogP contribution in [0.15, 0.2) is 51.8 Å². The molecule has 2 N–H and O–H groups in total. The Kier molecular flexibility index (Phi) is 2.64. The Morgan fingerprint density at radius 2 is 2.11 bits per heavy atom. The fourth-order valence-electron chi connectivity index (χ4n) is 1.63. The minimum Gasteiger partial charge on any atom is -0.448 e. The van der Waals surface area contributed by atoms with Crippen LogP contribution in [0, 0.1) is 0 Å². The predicted molar refractivity (Wildman–Crippen MR) is 71.2 cm³/mol. The van der Waals surface area contributed by atoms with Gasteiger partial charge in [-0.3, -0.25) is 0 Å². The van der Waals surface area contributed by atoms with Gasteiger partial charge in [0.25, 0.3) is 0 Å². The van der Waals surface area contributed by atoms with Gasteiger partial charge in [-0.1, -0.05) is 6.07 Å². The lowest BCUT2D eigenvalue weighted by atomic mass is 10.3. The van der Waals surface area contributed by atoms with E-state index in [4.69, 9.17) is 10.2 Å². The number of rotatable bonds is 2. The lowest BCUT2D eigenvalue weighted by Gasteiger charge is -1.97. The number of halogens is 1. The summed E-state index contributed by atoms with van der Waals surface area (Å²) in [5.41, 5.74) is 7.08. The van der Waals surface area contributed by atoms with E-state index in [0.29, 0.717) is 27.6 Å². The number of furan rings is 1. The van der Waals surface area contributed by atoms with Crippen LogP contribution in [0.2, 0.25) is 0 Å². The molecule has 0 radical (unpaired) electrons. The van der Waals surface area contributed by atoms with E-state index < -0.39 is 0 Å². The molecule has 0 aromatic carbocycles. The van der Waals surface area contributed by atoms with Crippen molar-refractivity contribution in [1.82, 2.24) is 14.8 Å². The maximum atomic E-state index is 5.93. The van der Waals surface area contributed by atoms with E-state index >= 15 is 0 Å². The number of hydrogen-bond acceptors (Lipinski definition) is 4. The van der Waals surface area contributed by atoms with Crippen LogP contribution in [-0.2, 0) is 0 Å². The number of anilines is 1. The van der Waals surface area contributed by atoms with Gasteiger partial charge in [0.1, 0.15) is 0 Å². The molecule has 0 fully saturated rings. The Hall–Kier alpha value is -2.08. The summed E-state index contributed by atoms with van der Waals surface area (Å²) in [5, 5.41) is 4.38.